The molecule has 4 heteroatoms. The molecule has 0 radical (unpaired) electrons. The highest BCUT2D eigenvalue weighted by molar-refractivity contribution is 7.14. The molecule has 0 bridgehead atoms. The summed E-state index contributed by atoms with van der Waals surface area (Å²) >= 11 is 7.55. The number of hydrogen-bond acceptors (Lipinski definition) is 3. The lowest BCUT2D eigenvalue weighted by Gasteiger charge is -2.31. The summed E-state index contributed by atoms with van der Waals surface area (Å²) in [5.74, 6) is 0. The van der Waals surface area contributed by atoms with Crippen LogP contribution in [0, 0.1) is 0 Å². The fraction of sp³-hybridized carbons (Fsp3) is 0.714. The summed E-state index contributed by atoms with van der Waals surface area (Å²) in [5.41, 5.74) is 1.28. The summed E-state index contributed by atoms with van der Waals surface area (Å²) in [6.45, 7) is 13.3. The quantitative estimate of drug-likeness (QED) is 0.810. The zero-order chi connectivity index (χ0) is 13.7. The van der Waals surface area contributed by atoms with Gasteiger partial charge in [-0.2, -0.15) is 0 Å². The van der Waals surface area contributed by atoms with Crippen LogP contribution in [0.15, 0.2) is 11.4 Å². The van der Waals surface area contributed by atoms with Crippen molar-refractivity contribution in [3.8, 4) is 0 Å². The third-order valence-corrected chi connectivity index (χ3v) is 4.34. The van der Waals surface area contributed by atoms with Crippen LogP contribution in [-0.4, -0.2) is 30.1 Å². The second-order valence-corrected chi connectivity index (χ2v) is 6.83. The standard InChI is InChI=1S/C14H25ClN2S/c1-10(2)17(11(3)4)7-6-16-12(5)13-8-14(15)18-9-13/h8-12,16H,6-7H2,1-5H3. The largest absolute Gasteiger partial charge is 0.309 e. The Kier molecular flexibility index (Phi) is 6.64. The molecule has 0 aromatic carbocycles. The monoisotopic (exact) mass is 288 g/mol. The molecule has 0 amide bonds. The SMILES string of the molecule is CC(NCCN(C(C)C)C(C)C)c1csc(Cl)c1. The van der Waals surface area contributed by atoms with Crippen molar-refractivity contribution in [1.29, 1.82) is 0 Å². The van der Waals surface area contributed by atoms with Gasteiger partial charge in [0.25, 0.3) is 0 Å². The van der Waals surface area contributed by atoms with Gasteiger partial charge in [-0.1, -0.05) is 11.6 Å². The van der Waals surface area contributed by atoms with Crippen molar-refractivity contribution in [3.05, 3.63) is 21.3 Å². The van der Waals surface area contributed by atoms with Gasteiger partial charge >= 0.3 is 0 Å². The van der Waals surface area contributed by atoms with E-state index in [-0.39, 0.29) is 0 Å². The fourth-order valence-electron chi connectivity index (χ4n) is 2.19. The normalized spacial score (nSPS) is 13.8. The molecule has 1 unspecified atom stereocenters. The van der Waals surface area contributed by atoms with E-state index in [0.29, 0.717) is 18.1 Å². The molecule has 0 aliphatic carbocycles. The van der Waals surface area contributed by atoms with Crippen molar-refractivity contribution in [2.45, 2.75) is 52.7 Å². The first-order chi connectivity index (χ1) is 8.41. The highest BCUT2D eigenvalue weighted by Gasteiger charge is 2.13. The molecule has 0 saturated heterocycles. The summed E-state index contributed by atoms with van der Waals surface area (Å²) in [4.78, 5) is 2.50. The maximum Gasteiger partial charge on any atom is 0.0931 e. The maximum atomic E-state index is 5.95. The Hall–Kier alpha value is -0.0900. The number of rotatable bonds is 7. The first-order valence-electron chi connectivity index (χ1n) is 6.65. The predicted octanol–water partition coefficient (Wildman–Crippen LogP) is 4.17. The van der Waals surface area contributed by atoms with E-state index in [9.17, 15) is 0 Å². The summed E-state index contributed by atoms with van der Waals surface area (Å²) < 4.78 is 0.865. The summed E-state index contributed by atoms with van der Waals surface area (Å²) in [7, 11) is 0. The van der Waals surface area contributed by atoms with E-state index in [1.165, 1.54) is 5.56 Å². The zero-order valence-corrected chi connectivity index (χ0v) is 13.6. The van der Waals surface area contributed by atoms with Crippen molar-refractivity contribution < 1.29 is 0 Å². The minimum Gasteiger partial charge on any atom is -0.309 e. The molecule has 0 saturated carbocycles. The van der Waals surface area contributed by atoms with Crippen LogP contribution >= 0.6 is 22.9 Å². The van der Waals surface area contributed by atoms with Gasteiger partial charge in [-0.25, -0.2) is 0 Å². The van der Waals surface area contributed by atoms with Crippen LogP contribution in [0.25, 0.3) is 0 Å². The van der Waals surface area contributed by atoms with Crippen molar-refractivity contribution in [2.75, 3.05) is 13.1 Å². The van der Waals surface area contributed by atoms with Gasteiger partial charge in [-0.3, -0.25) is 4.90 Å². The first-order valence-corrected chi connectivity index (χ1v) is 7.90. The van der Waals surface area contributed by atoms with E-state index >= 15 is 0 Å². The molecule has 0 aliphatic rings. The van der Waals surface area contributed by atoms with Gasteiger partial charge in [0, 0.05) is 31.2 Å². The molecule has 18 heavy (non-hydrogen) atoms. The molecule has 0 spiro atoms. The van der Waals surface area contributed by atoms with Crippen molar-refractivity contribution in [1.82, 2.24) is 10.2 Å². The van der Waals surface area contributed by atoms with E-state index in [1.807, 2.05) is 6.07 Å². The first kappa shape index (κ1) is 16.0. The molecule has 1 N–H and O–H groups in total. The minimum absolute atomic E-state index is 0.370. The van der Waals surface area contributed by atoms with E-state index in [0.717, 1.165) is 17.4 Å². The van der Waals surface area contributed by atoms with Gasteiger partial charge in [0.1, 0.15) is 0 Å². The molecular formula is C14H25ClN2S. The molecule has 1 heterocycles. The molecule has 0 aliphatic heterocycles. The highest BCUT2D eigenvalue weighted by Crippen LogP contribution is 2.24. The van der Waals surface area contributed by atoms with Crippen LogP contribution < -0.4 is 5.32 Å². The van der Waals surface area contributed by atoms with Gasteiger partial charge < -0.3 is 5.32 Å². The predicted molar refractivity (Wildman–Crippen MR) is 82.7 cm³/mol. The van der Waals surface area contributed by atoms with Gasteiger partial charge in [0.15, 0.2) is 0 Å². The molecule has 1 aromatic rings. The second kappa shape index (κ2) is 7.49. The van der Waals surface area contributed by atoms with E-state index in [4.69, 9.17) is 11.6 Å². The Morgan fingerprint density at radius 2 is 1.83 bits per heavy atom. The Morgan fingerprint density at radius 1 is 1.22 bits per heavy atom. The second-order valence-electron chi connectivity index (χ2n) is 5.29. The Morgan fingerprint density at radius 3 is 2.28 bits per heavy atom. The number of nitrogens with one attached hydrogen (secondary N) is 1. The van der Waals surface area contributed by atoms with Crippen LogP contribution in [-0.2, 0) is 0 Å². The maximum absolute atomic E-state index is 5.95. The minimum atomic E-state index is 0.370. The average molecular weight is 289 g/mol. The molecule has 1 atom stereocenters. The van der Waals surface area contributed by atoms with Crippen molar-refractivity contribution in [3.63, 3.8) is 0 Å². The molecular weight excluding hydrogens is 264 g/mol. The summed E-state index contributed by atoms with van der Waals surface area (Å²) in [5, 5.41) is 5.69. The van der Waals surface area contributed by atoms with Crippen LogP contribution in [0.5, 0.6) is 0 Å². The number of thiophene rings is 1. The number of nitrogens with zero attached hydrogens (tertiary/aromatic N) is 1. The number of halogens is 1. The third kappa shape index (κ3) is 4.88. The Labute approximate surface area is 120 Å². The Balaban J connectivity index is 2.37. The topological polar surface area (TPSA) is 15.3 Å². The lowest BCUT2D eigenvalue weighted by Crippen LogP contribution is -2.41. The van der Waals surface area contributed by atoms with E-state index in [2.05, 4.69) is 50.2 Å². The zero-order valence-electron chi connectivity index (χ0n) is 12.0. The van der Waals surface area contributed by atoms with Crippen LogP contribution in [0.2, 0.25) is 4.34 Å². The number of hydrogen-bond donors (Lipinski definition) is 1. The molecule has 0 fully saturated rings. The van der Waals surface area contributed by atoms with Gasteiger partial charge in [-0.05, 0) is 51.6 Å². The smallest absolute Gasteiger partial charge is 0.0931 e. The lowest BCUT2D eigenvalue weighted by atomic mass is 10.2. The van der Waals surface area contributed by atoms with Crippen LogP contribution in [0.3, 0.4) is 0 Å². The highest BCUT2D eigenvalue weighted by atomic mass is 35.5. The van der Waals surface area contributed by atoms with Gasteiger partial charge in [0.2, 0.25) is 0 Å². The van der Waals surface area contributed by atoms with Crippen molar-refractivity contribution >= 4 is 22.9 Å². The summed E-state index contributed by atoms with van der Waals surface area (Å²) in [6.07, 6.45) is 0. The molecule has 2 nitrogen and oxygen atoms in total. The average Bonchev–Trinajstić information content (AvgIpc) is 2.69. The Bertz CT molecular complexity index is 341. The van der Waals surface area contributed by atoms with Gasteiger partial charge in [0.05, 0.1) is 4.34 Å². The molecule has 1 aromatic heterocycles. The molecule has 1 rings (SSSR count). The summed E-state index contributed by atoms with van der Waals surface area (Å²) in [6, 6.07) is 3.61. The fourth-order valence-corrected chi connectivity index (χ4v) is 3.18. The molecule has 104 valence electrons. The van der Waals surface area contributed by atoms with E-state index < -0.39 is 0 Å². The van der Waals surface area contributed by atoms with E-state index in [1.54, 1.807) is 11.3 Å². The third-order valence-electron chi connectivity index (χ3n) is 3.23. The van der Waals surface area contributed by atoms with Crippen LogP contribution in [0.4, 0.5) is 0 Å². The van der Waals surface area contributed by atoms with Crippen LogP contribution in [0.1, 0.15) is 46.2 Å². The van der Waals surface area contributed by atoms with Crippen molar-refractivity contribution in [2.24, 2.45) is 0 Å². The van der Waals surface area contributed by atoms with Gasteiger partial charge in [-0.15, -0.1) is 11.3 Å². The lowest BCUT2D eigenvalue weighted by molar-refractivity contribution is 0.174.